The first kappa shape index (κ1) is 19.6. The molecule has 0 atom stereocenters. The van der Waals surface area contributed by atoms with Crippen molar-refractivity contribution in [1.29, 1.82) is 5.26 Å². The summed E-state index contributed by atoms with van der Waals surface area (Å²) >= 11 is 0. The number of nitriles is 1. The second kappa shape index (κ2) is 8.66. The van der Waals surface area contributed by atoms with Gasteiger partial charge in [-0.1, -0.05) is 17.7 Å². The third-order valence-electron chi connectivity index (χ3n) is 5.10. The fraction of sp³-hybridized carbons (Fsp3) is 0.364. The summed E-state index contributed by atoms with van der Waals surface area (Å²) in [6, 6.07) is 11.5. The van der Waals surface area contributed by atoms with Crippen molar-refractivity contribution in [3.8, 4) is 6.07 Å². The van der Waals surface area contributed by atoms with Crippen LogP contribution in [0.5, 0.6) is 0 Å². The lowest BCUT2D eigenvalue weighted by Gasteiger charge is -2.35. The van der Waals surface area contributed by atoms with Crippen molar-refractivity contribution in [3.05, 3.63) is 58.8 Å². The Kier molecular flexibility index (Phi) is 6.05. The van der Waals surface area contributed by atoms with Gasteiger partial charge in [-0.05, 0) is 37.6 Å². The Hall–Kier alpha value is -3.20. The molecule has 6 nitrogen and oxygen atoms in total. The predicted octanol–water partition coefficient (Wildman–Crippen LogP) is 2.88. The Balaban J connectivity index is 1.54. The average molecular weight is 376 g/mol. The Morgan fingerprint density at radius 1 is 1.11 bits per heavy atom. The molecular weight excluding hydrogens is 352 g/mol. The quantitative estimate of drug-likeness (QED) is 0.750. The molecule has 2 heterocycles. The minimum absolute atomic E-state index is 0.000154. The number of rotatable bonds is 5. The van der Waals surface area contributed by atoms with E-state index in [0.29, 0.717) is 43.1 Å². The second-order valence-electron chi connectivity index (χ2n) is 7.10. The number of aryl methyl sites for hydroxylation is 2. The van der Waals surface area contributed by atoms with Gasteiger partial charge in [0.1, 0.15) is 11.9 Å². The fourth-order valence-corrected chi connectivity index (χ4v) is 3.45. The average Bonchev–Trinajstić information content (AvgIpc) is 2.73. The van der Waals surface area contributed by atoms with Crippen molar-refractivity contribution < 1.29 is 9.59 Å². The highest BCUT2D eigenvalue weighted by Gasteiger charge is 2.24. The van der Waals surface area contributed by atoms with E-state index in [1.165, 1.54) is 0 Å². The van der Waals surface area contributed by atoms with Crippen LogP contribution in [0.3, 0.4) is 0 Å². The number of hydrogen-bond acceptors (Lipinski definition) is 5. The first-order valence-electron chi connectivity index (χ1n) is 9.48. The summed E-state index contributed by atoms with van der Waals surface area (Å²) in [7, 11) is 0. The zero-order valence-corrected chi connectivity index (χ0v) is 16.3. The molecule has 0 saturated carbocycles. The molecule has 0 radical (unpaired) electrons. The maximum atomic E-state index is 12.5. The van der Waals surface area contributed by atoms with Crippen molar-refractivity contribution in [2.45, 2.75) is 26.7 Å². The third-order valence-corrected chi connectivity index (χ3v) is 5.10. The van der Waals surface area contributed by atoms with Gasteiger partial charge in [0.05, 0.1) is 5.56 Å². The monoisotopic (exact) mass is 376 g/mol. The number of anilines is 1. The van der Waals surface area contributed by atoms with Crippen molar-refractivity contribution in [1.82, 2.24) is 9.88 Å². The van der Waals surface area contributed by atoms with Crippen LogP contribution in [0, 0.1) is 25.2 Å². The number of carbonyl (C=O) groups is 2. The molecule has 1 aromatic carbocycles. The Bertz CT molecular complexity index is 924. The number of Topliss-reactive ketones (excluding diaryl/α,β-unsaturated/α-hetero) is 1. The molecule has 0 unspecified atom stereocenters. The number of amides is 1. The van der Waals surface area contributed by atoms with Gasteiger partial charge in [0, 0.05) is 50.8 Å². The molecule has 1 amide bonds. The van der Waals surface area contributed by atoms with E-state index in [9.17, 15) is 14.9 Å². The van der Waals surface area contributed by atoms with Crippen LogP contribution in [-0.4, -0.2) is 47.8 Å². The van der Waals surface area contributed by atoms with Crippen molar-refractivity contribution in [2.24, 2.45) is 0 Å². The molecule has 0 bridgehead atoms. The summed E-state index contributed by atoms with van der Waals surface area (Å²) in [5.74, 6) is 0.683. The lowest BCUT2D eigenvalue weighted by Crippen LogP contribution is -2.49. The lowest BCUT2D eigenvalue weighted by molar-refractivity contribution is -0.131. The van der Waals surface area contributed by atoms with Crippen molar-refractivity contribution >= 4 is 17.5 Å². The third kappa shape index (κ3) is 4.37. The van der Waals surface area contributed by atoms with E-state index >= 15 is 0 Å². The molecule has 2 aromatic rings. The van der Waals surface area contributed by atoms with Crippen LogP contribution in [0.15, 0.2) is 36.5 Å². The number of benzene rings is 1. The van der Waals surface area contributed by atoms with Crippen LogP contribution in [0.1, 0.15) is 39.9 Å². The predicted molar refractivity (Wildman–Crippen MR) is 107 cm³/mol. The zero-order valence-electron chi connectivity index (χ0n) is 16.3. The lowest BCUT2D eigenvalue weighted by atomic mass is 9.99. The van der Waals surface area contributed by atoms with Crippen LogP contribution in [0.4, 0.5) is 5.82 Å². The van der Waals surface area contributed by atoms with Crippen LogP contribution in [0.25, 0.3) is 0 Å². The van der Waals surface area contributed by atoms with Gasteiger partial charge < -0.3 is 9.80 Å². The number of carbonyl (C=O) groups excluding carboxylic acids is 2. The summed E-state index contributed by atoms with van der Waals surface area (Å²) in [6.45, 7) is 6.27. The van der Waals surface area contributed by atoms with Gasteiger partial charge >= 0.3 is 0 Å². The first-order chi connectivity index (χ1) is 13.5. The number of hydrogen-bond donors (Lipinski definition) is 0. The molecule has 3 rings (SSSR count). The maximum absolute atomic E-state index is 12.5. The number of aromatic nitrogens is 1. The van der Waals surface area contributed by atoms with Crippen LogP contribution < -0.4 is 4.90 Å². The van der Waals surface area contributed by atoms with E-state index < -0.39 is 0 Å². The molecule has 0 spiro atoms. The topological polar surface area (TPSA) is 77.3 Å². The largest absolute Gasteiger partial charge is 0.352 e. The van der Waals surface area contributed by atoms with E-state index in [1.807, 2.05) is 36.9 Å². The van der Waals surface area contributed by atoms with Crippen LogP contribution in [-0.2, 0) is 4.79 Å². The second-order valence-corrected chi connectivity index (χ2v) is 7.10. The molecule has 1 saturated heterocycles. The zero-order chi connectivity index (χ0) is 20.1. The van der Waals surface area contributed by atoms with E-state index in [1.54, 1.807) is 23.2 Å². The molecule has 1 fully saturated rings. The van der Waals surface area contributed by atoms with Crippen molar-refractivity contribution in [2.75, 3.05) is 31.1 Å². The van der Waals surface area contributed by atoms with Crippen LogP contribution >= 0.6 is 0 Å². The molecule has 1 aliphatic heterocycles. The molecule has 28 heavy (non-hydrogen) atoms. The molecule has 6 heteroatoms. The Morgan fingerprint density at radius 3 is 2.57 bits per heavy atom. The maximum Gasteiger partial charge on any atom is 0.223 e. The summed E-state index contributed by atoms with van der Waals surface area (Å²) in [6.07, 6.45) is 2.12. The molecule has 1 aromatic heterocycles. The Morgan fingerprint density at radius 2 is 1.86 bits per heavy atom. The fourth-order valence-electron chi connectivity index (χ4n) is 3.45. The summed E-state index contributed by atoms with van der Waals surface area (Å²) in [4.78, 5) is 33.2. The number of pyridine rings is 1. The molecule has 0 aliphatic carbocycles. The smallest absolute Gasteiger partial charge is 0.223 e. The number of ketones is 1. The normalized spacial score (nSPS) is 13.9. The van der Waals surface area contributed by atoms with Gasteiger partial charge in [-0.15, -0.1) is 0 Å². The first-order valence-corrected chi connectivity index (χ1v) is 9.48. The standard InChI is InChI=1S/C22H24N4O2/c1-16-5-6-17(2)19(14-16)20(27)7-8-21(28)25-10-12-26(13-11-25)22-18(15-23)4-3-9-24-22/h3-6,9,14H,7-8,10-13H2,1-2H3. The van der Waals surface area contributed by atoms with Gasteiger partial charge in [0.25, 0.3) is 0 Å². The molecule has 144 valence electrons. The van der Waals surface area contributed by atoms with Crippen molar-refractivity contribution in [3.63, 3.8) is 0 Å². The summed E-state index contributed by atoms with van der Waals surface area (Å²) in [5, 5.41) is 9.23. The number of piperazine rings is 1. The summed E-state index contributed by atoms with van der Waals surface area (Å²) < 4.78 is 0. The highest BCUT2D eigenvalue weighted by atomic mass is 16.2. The van der Waals surface area contributed by atoms with E-state index in [-0.39, 0.29) is 24.5 Å². The van der Waals surface area contributed by atoms with Gasteiger partial charge in [-0.2, -0.15) is 5.26 Å². The SMILES string of the molecule is Cc1ccc(C)c(C(=O)CCC(=O)N2CCN(c3ncccc3C#N)CC2)c1. The van der Waals surface area contributed by atoms with Gasteiger partial charge in [-0.3, -0.25) is 9.59 Å². The van der Waals surface area contributed by atoms with Crippen LogP contribution in [0.2, 0.25) is 0 Å². The molecular formula is C22H24N4O2. The molecule has 0 N–H and O–H groups in total. The minimum atomic E-state index is -0.000154. The summed E-state index contributed by atoms with van der Waals surface area (Å²) in [5.41, 5.74) is 3.24. The molecule has 1 aliphatic rings. The van der Waals surface area contributed by atoms with Gasteiger partial charge in [0.15, 0.2) is 5.78 Å². The van der Waals surface area contributed by atoms with E-state index in [4.69, 9.17) is 0 Å². The van der Waals surface area contributed by atoms with E-state index in [2.05, 4.69) is 11.1 Å². The van der Waals surface area contributed by atoms with Gasteiger partial charge in [0.2, 0.25) is 5.91 Å². The van der Waals surface area contributed by atoms with E-state index in [0.717, 1.165) is 11.1 Å². The number of nitrogens with zero attached hydrogens (tertiary/aromatic N) is 4. The van der Waals surface area contributed by atoms with Gasteiger partial charge in [-0.25, -0.2) is 4.98 Å². The minimum Gasteiger partial charge on any atom is -0.352 e. The Labute approximate surface area is 165 Å². The highest BCUT2D eigenvalue weighted by Crippen LogP contribution is 2.19. The highest BCUT2D eigenvalue weighted by molar-refractivity contribution is 5.99.